The fourth-order valence-corrected chi connectivity index (χ4v) is 2.46. The van der Waals surface area contributed by atoms with E-state index in [2.05, 4.69) is 4.72 Å². The zero-order chi connectivity index (χ0) is 10.1. The Morgan fingerprint density at radius 2 is 1.85 bits per heavy atom. The maximum atomic E-state index is 10.9. The average Bonchev–Trinajstić information content (AvgIpc) is 1.94. The molecule has 3 atom stereocenters. The van der Waals surface area contributed by atoms with Crippen LogP contribution in [-0.4, -0.2) is 32.8 Å². The van der Waals surface area contributed by atoms with Crippen LogP contribution in [0.3, 0.4) is 0 Å². The van der Waals surface area contributed by atoms with E-state index < -0.39 is 10.0 Å². The fourth-order valence-electron chi connectivity index (χ4n) is 1.64. The van der Waals surface area contributed by atoms with E-state index in [1.54, 1.807) is 0 Å². The van der Waals surface area contributed by atoms with E-state index in [4.69, 9.17) is 11.5 Å². The van der Waals surface area contributed by atoms with E-state index in [9.17, 15) is 8.42 Å². The molecule has 0 radical (unpaired) electrons. The van der Waals surface area contributed by atoms with Crippen molar-refractivity contribution in [1.82, 2.24) is 4.72 Å². The first-order chi connectivity index (χ1) is 5.88. The average molecular weight is 207 g/mol. The van der Waals surface area contributed by atoms with Crippen LogP contribution in [0.4, 0.5) is 0 Å². The van der Waals surface area contributed by atoms with Gasteiger partial charge in [0.1, 0.15) is 0 Å². The molecule has 5 nitrogen and oxygen atoms in total. The molecule has 6 heteroatoms. The van der Waals surface area contributed by atoms with Crippen LogP contribution in [0.5, 0.6) is 0 Å². The first-order valence-electron chi connectivity index (χ1n) is 4.37. The number of nitrogens with two attached hydrogens (primary N) is 2. The minimum absolute atomic E-state index is 0.0117. The summed E-state index contributed by atoms with van der Waals surface area (Å²) in [5.41, 5.74) is 11.4. The molecular formula is C7H17N3O2S. The zero-order valence-electron chi connectivity index (χ0n) is 7.73. The molecule has 0 spiro atoms. The molecule has 0 aromatic rings. The monoisotopic (exact) mass is 207 g/mol. The van der Waals surface area contributed by atoms with Crippen LogP contribution < -0.4 is 16.2 Å². The van der Waals surface area contributed by atoms with Gasteiger partial charge >= 0.3 is 0 Å². The van der Waals surface area contributed by atoms with Gasteiger partial charge in [0.15, 0.2) is 0 Å². The number of rotatable bonds is 2. The van der Waals surface area contributed by atoms with Crippen LogP contribution in [0.25, 0.3) is 0 Å². The first kappa shape index (κ1) is 10.9. The predicted octanol–water partition coefficient (Wildman–Crippen LogP) is -1.26. The van der Waals surface area contributed by atoms with Crippen molar-refractivity contribution in [2.75, 3.05) is 6.26 Å². The Balaban J connectivity index is 2.47. The van der Waals surface area contributed by atoms with Gasteiger partial charge in [-0.2, -0.15) is 0 Å². The summed E-state index contributed by atoms with van der Waals surface area (Å²) in [6, 6.07) is -0.115. The minimum Gasteiger partial charge on any atom is -0.326 e. The molecule has 1 aliphatic carbocycles. The van der Waals surface area contributed by atoms with Gasteiger partial charge in [-0.05, 0) is 19.3 Å². The van der Waals surface area contributed by atoms with Crippen molar-refractivity contribution in [2.24, 2.45) is 11.5 Å². The third-order valence-electron chi connectivity index (χ3n) is 2.34. The smallest absolute Gasteiger partial charge is 0.208 e. The molecule has 1 fully saturated rings. The molecule has 0 aromatic heterocycles. The normalized spacial score (nSPS) is 36.1. The molecule has 1 rings (SSSR count). The highest BCUT2D eigenvalue weighted by molar-refractivity contribution is 7.88. The summed E-state index contributed by atoms with van der Waals surface area (Å²) in [5, 5.41) is 0. The molecule has 13 heavy (non-hydrogen) atoms. The van der Waals surface area contributed by atoms with E-state index in [0.29, 0.717) is 6.42 Å². The highest BCUT2D eigenvalue weighted by atomic mass is 32.2. The Bertz CT molecular complexity index is 265. The second-order valence-corrected chi connectivity index (χ2v) is 5.51. The van der Waals surface area contributed by atoms with Crippen molar-refractivity contribution in [3.63, 3.8) is 0 Å². The van der Waals surface area contributed by atoms with Gasteiger partial charge in [0.25, 0.3) is 0 Å². The Kier molecular flexibility index (Phi) is 3.28. The van der Waals surface area contributed by atoms with Gasteiger partial charge in [-0.1, -0.05) is 0 Å². The maximum Gasteiger partial charge on any atom is 0.208 e. The molecule has 0 heterocycles. The summed E-state index contributed by atoms with van der Waals surface area (Å²) in [6.45, 7) is 0. The second-order valence-electron chi connectivity index (χ2n) is 3.73. The van der Waals surface area contributed by atoms with E-state index >= 15 is 0 Å². The molecule has 1 saturated carbocycles. The van der Waals surface area contributed by atoms with Gasteiger partial charge in [0, 0.05) is 18.1 Å². The van der Waals surface area contributed by atoms with E-state index in [1.165, 1.54) is 0 Å². The van der Waals surface area contributed by atoms with Gasteiger partial charge in [-0.25, -0.2) is 13.1 Å². The molecule has 5 N–H and O–H groups in total. The lowest BCUT2D eigenvalue weighted by Gasteiger charge is -2.31. The van der Waals surface area contributed by atoms with Crippen LogP contribution in [0.2, 0.25) is 0 Å². The van der Waals surface area contributed by atoms with Crippen LogP contribution >= 0.6 is 0 Å². The number of sulfonamides is 1. The third-order valence-corrected chi connectivity index (χ3v) is 3.10. The Morgan fingerprint density at radius 1 is 1.23 bits per heavy atom. The highest BCUT2D eigenvalue weighted by Gasteiger charge is 2.26. The Hall–Kier alpha value is -0.170. The van der Waals surface area contributed by atoms with Gasteiger partial charge in [-0.3, -0.25) is 0 Å². The van der Waals surface area contributed by atoms with Crippen LogP contribution in [0, 0.1) is 0 Å². The van der Waals surface area contributed by atoms with Gasteiger partial charge < -0.3 is 11.5 Å². The second kappa shape index (κ2) is 3.91. The minimum atomic E-state index is -3.11. The van der Waals surface area contributed by atoms with Crippen molar-refractivity contribution < 1.29 is 8.42 Å². The molecule has 0 bridgehead atoms. The maximum absolute atomic E-state index is 10.9. The summed E-state index contributed by atoms with van der Waals surface area (Å²) in [4.78, 5) is 0. The molecule has 0 amide bonds. The van der Waals surface area contributed by atoms with Crippen molar-refractivity contribution in [1.29, 1.82) is 0 Å². The van der Waals surface area contributed by atoms with E-state index in [-0.39, 0.29) is 18.1 Å². The van der Waals surface area contributed by atoms with Crippen molar-refractivity contribution in [3.8, 4) is 0 Å². The third kappa shape index (κ3) is 3.60. The SMILES string of the molecule is CS(=O)(=O)NC1CC[C@H](N)[C@H](N)C1. The van der Waals surface area contributed by atoms with E-state index in [1.807, 2.05) is 0 Å². The largest absolute Gasteiger partial charge is 0.326 e. The predicted molar refractivity (Wildman–Crippen MR) is 51.6 cm³/mol. The lowest BCUT2D eigenvalue weighted by molar-refractivity contribution is 0.332. The van der Waals surface area contributed by atoms with Crippen LogP contribution in [0.1, 0.15) is 19.3 Å². The molecule has 0 saturated heterocycles. The van der Waals surface area contributed by atoms with Crippen LogP contribution in [-0.2, 0) is 10.0 Å². The summed E-state index contributed by atoms with van der Waals surface area (Å²) in [6.07, 6.45) is 3.36. The molecule has 0 aliphatic heterocycles. The molecule has 78 valence electrons. The lowest BCUT2D eigenvalue weighted by atomic mass is 9.88. The standard InChI is InChI=1S/C7H17N3O2S/c1-13(11,12)10-5-2-3-6(8)7(9)4-5/h5-7,10H,2-4,8-9H2,1H3/t5?,6-,7+/m0/s1. The van der Waals surface area contributed by atoms with Gasteiger partial charge in [-0.15, -0.1) is 0 Å². The highest BCUT2D eigenvalue weighted by Crippen LogP contribution is 2.16. The zero-order valence-corrected chi connectivity index (χ0v) is 8.55. The van der Waals surface area contributed by atoms with E-state index in [0.717, 1.165) is 19.1 Å². The number of hydrogen-bond donors (Lipinski definition) is 3. The molecule has 1 aliphatic rings. The fraction of sp³-hybridized carbons (Fsp3) is 1.00. The lowest BCUT2D eigenvalue weighted by Crippen LogP contribution is -2.51. The summed E-state index contributed by atoms with van der Waals surface area (Å²) in [5.74, 6) is 0. The van der Waals surface area contributed by atoms with Crippen LogP contribution in [0.15, 0.2) is 0 Å². The molecular weight excluding hydrogens is 190 g/mol. The summed E-state index contributed by atoms with van der Waals surface area (Å²) in [7, 11) is -3.11. The van der Waals surface area contributed by atoms with Gasteiger partial charge in [0.2, 0.25) is 10.0 Å². The van der Waals surface area contributed by atoms with Crippen molar-refractivity contribution in [2.45, 2.75) is 37.4 Å². The molecule has 1 unspecified atom stereocenters. The topological polar surface area (TPSA) is 98.2 Å². The summed E-state index contributed by atoms with van der Waals surface area (Å²) < 4.78 is 24.4. The molecule has 0 aromatic carbocycles. The summed E-state index contributed by atoms with van der Waals surface area (Å²) >= 11 is 0. The Labute approximate surface area is 78.9 Å². The Morgan fingerprint density at radius 3 is 2.31 bits per heavy atom. The van der Waals surface area contributed by atoms with Gasteiger partial charge in [0.05, 0.1) is 6.26 Å². The first-order valence-corrected chi connectivity index (χ1v) is 6.26. The number of hydrogen-bond acceptors (Lipinski definition) is 4. The van der Waals surface area contributed by atoms with Crippen molar-refractivity contribution in [3.05, 3.63) is 0 Å². The quantitative estimate of drug-likeness (QED) is 0.526. The van der Waals surface area contributed by atoms with Crippen molar-refractivity contribution >= 4 is 10.0 Å². The number of nitrogens with one attached hydrogen (secondary N) is 1.